The number of aromatic nitrogens is 1. The lowest BCUT2D eigenvalue weighted by atomic mass is 9.97. The van der Waals surface area contributed by atoms with Crippen molar-refractivity contribution >= 4 is 22.4 Å². The van der Waals surface area contributed by atoms with Crippen LogP contribution in [0.4, 0.5) is 5.13 Å². The molecular weight excluding hydrogens is 310 g/mol. The summed E-state index contributed by atoms with van der Waals surface area (Å²) in [4.78, 5) is 16.7. The number of thiazole rings is 1. The molecule has 1 unspecified atom stereocenters. The van der Waals surface area contributed by atoms with Crippen LogP contribution < -0.4 is 15.8 Å². The number of benzene rings is 1. The Morgan fingerprint density at radius 3 is 2.87 bits per heavy atom. The van der Waals surface area contributed by atoms with E-state index in [-0.39, 0.29) is 5.91 Å². The first kappa shape index (κ1) is 17.4. The predicted octanol–water partition coefficient (Wildman–Crippen LogP) is 3.58. The first-order valence-electron chi connectivity index (χ1n) is 7.58. The number of hydrogen-bond acceptors (Lipinski definition) is 5. The highest BCUT2D eigenvalue weighted by Gasteiger charge is 2.28. The maximum atomic E-state index is 12.3. The van der Waals surface area contributed by atoms with Crippen molar-refractivity contribution in [2.45, 2.75) is 39.2 Å². The van der Waals surface area contributed by atoms with Gasteiger partial charge in [-0.05, 0) is 32.4 Å². The van der Waals surface area contributed by atoms with E-state index in [0.717, 1.165) is 29.0 Å². The van der Waals surface area contributed by atoms with E-state index < -0.39 is 5.54 Å². The Balaban J connectivity index is 2.22. The lowest BCUT2D eigenvalue weighted by Crippen LogP contribution is -2.48. The van der Waals surface area contributed by atoms with Gasteiger partial charge in [-0.1, -0.05) is 25.0 Å². The van der Waals surface area contributed by atoms with Gasteiger partial charge in [0.05, 0.1) is 18.3 Å². The van der Waals surface area contributed by atoms with Crippen LogP contribution in [-0.2, 0) is 4.79 Å². The summed E-state index contributed by atoms with van der Waals surface area (Å²) >= 11 is 1.38. The van der Waals surface area contributed by atoms with Crippen LogP contribution in [0, 0.1) is 6.92 Å². The molecular formula is C17H23N3O2S. The van der Waals surface area contributed by atoms with Gasteiger partial charge < -0.3 is 15.8 Å². The number of ether oxygens (including phenoxy) is 1. The van der Waals surface area contributed by atoms with Gasteiger partial charge in [-0.15, -0.1) is 11.3 Å². The summed E-state index contributed by atoms with van der Waals surface area (Å²) in [6.45, 7) is 5.76. The number of nitrogens with one attached hydrogen (secondary N) is 1. The molecule has 6 heteroatoms. The molecule has 1 amide bonds. The van der Waals surface area contributed by atoms with Gasteiger partial charge in [0.1, 0.15) is 5.75 Å². The minimum atomic E-state index is -0.887. The van der Waals surface area contributed by atoms with Crippen LogP contribution in [0.25, 0.3) is 11.3 Å². The zero-order valence-corrected chi connectivity index (χ0v) is 14.8. The number of rotatable bonds is 6. The van der Waals surface area contributed by atoms with Crippen molar-refractivity contribution in [3.05, 3.63) is 29.1 Å². The SMILES string of the molecule is CCCC(C)(N)C(=O)Nc1nc(-c2cc(C)ccc2OC)cs1. The number of methoxy groups -OCH3 is 1. The van der Waals surface area contributed by atoms with Gasteiger partial charge >= 0.3 is 0 Å². The fourth-order valence-corrected chi connectivity index (χ4v) is 3.06. The molecule has 2 aromatic rings. The zero-order valence-electron chi connectivity index (χ0n) is 14.0. The molecule has 1 aromatic carbocycles. The highest BCUT2D eigenvalue weighted by molar-refractivity contribution is 7.14. The summed E-state index contributed by atoms with van der Waals surface area (Å²) < 4.78 is 5.39. The van der Waals surface area contributed by atoms with Crippen LogP contribution in [0.5, 0.6) is 5.75 Å². The first-order chi connectivity index (χ1) is 10.9. The molecule has 1 aromatic heterocycles. The predicted molar refractivity (Wildman–Crippen MR) is 95.0 cm³/mol. The van der Waals surface area contributed by atoms with E-state index in [1.165, 1.54) is 11.3 Å². The maximum Gasteiger partial charge on any atom is 0.245 e. The van der Waals surface area contributed by atoms with Gasteiger partial charge in [0.2, 0.25) is 5.91 Å². The van der Waals surface area contributed by atoms with Crippen LogP contribution in [-0.4, -0.2) is 23.5 Å². The second-order valence-electron chi connectivity index (χ2n) is 5.86. The number of hydrogen-bond donors (Lipinski definition) is 2. The summed E-state index contributed by atoms with van der Waals surface area (Å²) in [6, 6.07) is 5.92. The van der Waals surface area contributed by atoms with Crippen molar-refractivity contribution in [2.24, 2.45) is 5.73 Å². The average molecular weight is 333 g/mol. The van der Waals surface area contributed by atoms with Gasteiger partial charge in [-0.2, -0.15) is 0 Å². The van der Waals surface area contributed by atoms with E-state index in [0.29, 0.717) is 11.6 Å². The molecule has 0 aliphatic rings. The second-order valence-corrected chi connectivity index (χ2v) is 6.72. The molecule has 0 saturated heterocycles. The number of amides is 1. The van der Waals surface area contributed by atoms with E-state index >= 15 is 0 Å². The molecule has 0 bridgehead atoms. The molecule has 2 rings (SSSR count). The van der Waals surface area contributed by atoms with Crippen LogP contribution in [0.1, 0.15) is 32.3 Å². The molecule has 0 aliphatic heterocycles. The van der Waals surface area contributed by atoms with Crippen LogP contribution in [0.3, 0.4) is 0 Å². The summed E-state index contributed by atoms with van der Waals surface area (Å²) in [5.41, 5.74) is 7.97. The molecule has 124 valence electrons. The summed E-state index contributed by atoms with van der Waals surface area (Å²) in [5.74, 6) is 0.546. The van der Waals surface area contributed by atoms with Gasteiger partial charge in [0.25, 0.3) is 0 Å². The van der Waals surface area contributed by atoms with E-state index in [1.54, 1.807) is 14.0 Å². The van der Waals surface area contributed by atoms with Crippen molar-refractivity contribution in [1.82, 2.24) is 4.98 Å². The molecule has 23 heavy (non-hydrogen) atoms. The molecule has 0 saturated carbocycles. The molecule has 3 N–H and O–H groups in total. The minimum absolute atomic E-state index is 0.212. The summed E-state index contributed by atoms with van der Waals surface area (Å²) in [5, 5.41) is 5.26. The fraction of sp³-hybridized carbons (Fsp3) is 0.412. The third kappa shape index (κ3) is 4.09. The van der Waals surface area contributed by atoms with Crippen molar-refractivity contribution in [1.29, 1.82) is 0 Å². The Labute approximate surface area is 140 Å². The number of anilines is 1. The van der Waals surface area contributed by atoms with E-state index in [9.17, 15) is 4.79 Å². The topological polar surface area (TPSA) is 77.2 Å². The smallest absolute Gasteiger partial charge is 0.245 e. The molecule has 0 radical (unpaired) electrons. The largest absolute Gasteiger partial charge is 0.496 e. The van der Waals surface area contributed by atoms with E-state index in [2.05, 4.69) is 10.3 Å². The summed E-state index contributed by atoms with van der Waals surface area (Å²) in [6.07, 6.45) is 1.48. The average Bonchev–Trinajstić information content (AvgIpc) is 2.95. The molecule has 5 nitrogen and oxygen atoms in total. The van der Waals surface area contributed by atoms with Crippen molar-refractivity contribution in [2.75, 3.05) is 12.4 Å². The number of carbonyl (C=O) groups excluding carboxylic acids is 1. The third-order valence-electron chi connectivity index (χ3n) is 3.64. The molecule has 0 fully saturated rings. The molecule has 0 aliphatic carbocycles. The lowest BCUT2D eigenvalue weighted by molar-refractivity contribution is -0.120. The van der Waals surface area contributed by atoms with Gasteiger partial charge in [0, 0.05) is 10.9 Å². The highest BCUT2D eigenvalue weighted by atomic mass is 32.1. The standard InChI is InChI=1S/C17H23N3O2S/c1-5-8-17(3,18)15(21)20-16-19-13(10-23-16)12-9-11(2)6-7-14(12)22-4/h6-7,9-10H,5,8,18H2,1-4H3,(H,19,20,21). The molecule has 1 heterocycles. The monoisotopic (exact) mass is 333 g/mol. The maximum absolute atomic E-state index is 12.3. The third-order valence-corrected chi connectivity index (χ3v) is 4.40. The second kappa shape index (κ2) is 7.10. The van der Waals surface area contributed by atoms with E-state index in [1.807, 2.05) is 37.4 Å². The Morgan fingerprint density at radius 1 is 1.48 bits per heavy atom. The lowest BCUT2D eigenvalue weighted by Gasteiger charge is -2.21. The quantitative estimate of drug-likeness (QED) is 0.847. The fourth-order valence-electron chi connectivity index (χ4n) is 2.35. The highest BCUT2D eigenvalue weighted by Crippen LogP contribution is 2.33. The van der Waals surface area contributed by atoms with Gasteiger partial charge in [0.15, 0.2) is 5.13 Å². The van der Waals surface area contributed by atoms with Crippen LogP contribution in [0.15, 0.2) is 23.6 Å². The van der Waals surface area contributed by atoms with Crippen molar-refractivity contribution < 1.29 is 9.53 Å². The minimum Gasteiger partial charge on any atom is -0.496 e. The van der Waals surface area contributed by atoms with Crippen LogP contribution in [0.2, 0.25) is 0 Å². The molecule has 1 atom stereocenters. The van der Waals surface area contributed by atoms with E-state index in [4.69, 9.17) is 10.5 Å². The van der Waals surface area contributed by atoms with Gasteiger partial charge in [-0.3, -0.25) is 4.79 Å². The normalized spacial score (nSPS) is 13.4. The summed E-state index contributed by atoms with van der Waals surface area (Å²) in [7, 11) is 1.63. The Hall–Kier alpha value is -1.92. The number of nitrogens with two attached hydrogens (primary N) is 1. The van der Waals surface area contributed by atoms with Gasteiger partial charge in [-0.25, -0.2) is 4.98 Å². The first-order valence-corrected chi connectivity index (χ1v) is 8.46. The zero-order chi connectivity index (χ0) is 17.0. The van der Waals surface area contributed by atoms with Crippen molar-refractivity contribution in [3.63, 3.8) is 0 Å². The number of aryl methyl sites for hydroxylation is 1. The Bertz CT molecular complexity index is 695. The number of nitrogens with zero attached hydrogens (tertiary/aromatic N) is 1. The van der Waals surface area contributed by atoms with Crippen molar-refractivity contribution in [3.8, 4) is 17.0 Å². The Morgan fingerprint density at radius 2 is 2.22 bits per heavy atom. The molecule has 0 spiro atoms. The Kier molecular flexibility index (Phi) is 5.38. The van der Waals surface area contributed by atoms with Crippen LogP contribution >= 0.6 is 11.3 Å². The number of carbonyl (C=O) groups is 1.